The molecule has 1 aliphatic rings. The predicted octanol–water partition coefficient (Wildman–Crippen LogP) is 2.94. The number of guanidine groups is 1. The second-order valence-corrected chi connectivity index (χ2v) is 8.36. The van der Waals surface area contributed by atoms with E-state index in [9.17, 15) is 8.42 Å². The maximum atomic E-state index is 13.0. The summed E-state index contributed by atoms with van der Waals surface area (Å²) in [7, 11) is -1.73. The largest absolute Gasteiger partial charge is 0.354 e. The van der Waals surface area contributed by atoms with E-state index in [1.54, 1.807) is 23.5 Å². The first kappa shape index (κ1) is 23.2. The lowest BCUT2D eigenvalue weighted by molar-refractivity contribution is 0.346. The van der Waals surface area contributed by atoms with Crippen molar-refractivity contribution >= 4 is 40.0 Å². The number of sulfonamides is 1. The van der Waals surface area contributed by atoms with Gasteiger partial charge in [-0.25, -0.2) is 8.42 Å². The fourth-order valence-corrected chi connectivity index (χ4v) is 4.59. The quantitative estimate of drug-likeness (QED) is 0.363. The van der Waals surface area contributed by atoms with Crippen molar-refractivity contribution in [3.63, 3.8) is 0 Å². The van der Waals surface area contributed by atoms with Gasteiger partial charge in [0.1, 0.15) is 0 Å². The molecule has 1 aliphatic heterocycles. The number of rotatable bonds is 6. The molecule has 2 N–H and O–H groups in total. The van der Waals surface area contributed by atoms with Gasteiger partial charge in [0.25, 0.3) is 0 Å². The molecule has 1 aromatic rings. The van der Waals surface area contributed by atoms with Gasteiger partial charge in [-0.05, 0) is 37.8 Å². The fourth-order valence-electron chi connectivity index (χ4n) is 2.85. The summed E-state index contributed by atoms with van der Waals surface area (Å²) < 4.78 is 27.6. The van der Waals surface area contributed by atoms with Gasteiger partial charge in [-0.1, -0.05) is 31.5 Å². The van der Waals surface area contributed by atoms with Crippen LogP contribution in [0.3, 0.4) is 0 Å². The van der Waals surface area contributed by atoms with Crippen LogP contribution in [0, 0.1) is 0 Å². The van der Waals surface area contributed by atoms with Crippen molar-refractivity contribution in [2.24, 2.45) is 4.99 Å². The minimum Gasteiger partial charge on any atom is -0.354 e. The molecule has 1 atom stereocenters. The summed E-state index contributed by atoms with van der Waals surface area (Å²) in [6.45, 7) is 5.83. The third kappa shape index (κ3) is 6.09. The topological polar surface area (TPSA) is 73.8 Å². The molecule has 0 spiro atoms. The van der Waals surface area contributed by atoms with Crippen LogP contribution < -0.4 is 10.6 Å². The minimum atomic E-state index is -3.44. The Morgan fingerprint density at radius 2 is 1.88 bits per heavy atom. The van der Waals surface area contributed by atoms with E-state index < -0.39 is 10.0 Å². The lowest BCUT2D eigenvalue weighted by Crippen LogP contribution is -2.42. The molecular weight excluding hydrogens is 463 g/mol. The van der Waals surface area contributed by atoms with E-state index >= 15 is 0 Å². The van der Waals surface area contributed by atoms with E-state index in [4.69, 9.17) is 0 Å². The van der Waals surface area contributed by atoms with E-state index in [1.807, 2.05) is 12.1 Å². The van der Waals surface area contributed by atoms with E-state index in [2.05, 4.69) is 29.5 Å². The molecule has 0 radical (unpaired) electrons. The number of halogens is 1. The van der Waals surface area contributed by atoms with E-state index in [-0.39, 0.29) is 24.0 Å². The molecule has 2 rings (SSSR count). The van der Waals surface area contributed by atoms with Crippen molar-refractivity contribution in [1.29, 1.82) is 0 Å². The summed E-state index contributed by atoms with van der Waals surface area (Å²) in [6.07, 6.45) is 3.96. The first-order valence-electron chi connectivity index (χ1n) is 9.04. The van der Waals surface area contributed by atoms with Gasteiger partial charge in [0.05, 0.1) is 4.90 Å². The molecule has 1 heterocycles. The van der Waals surface area contributed by atoms with Crippen LogP contribution in [0.2, 0.25) is 0 Å². The first-order chi connectivity index (χ1) is 12.0. The molecule has 0 aliphatic carbocycles. The maximum Gasteiger partial charge on any atom is 0.243 e. The highest BCUT2D eigenvalue weighted by molar-refractivity contribution is 14.0. The number of nitrogens with zero attached hydrogens (tertiary/aromatic N) is 2. The highest BCUT2D eigenvalue weighted by Gasteiger charge is 2.27. The van der Waals surface area contributed by atoms with Gasteiger partial charge in [-0.15, -0.1) is 24.0 Å². The zero-order valence-corrected chi connectivity index (χ0v) is 19.0. The summed E-state index contributed by atoms with van der Waals surface area (Å²) in [5.41, 5.74) is 0.764. The zero-order valence-electron chi connectivity index (χ0n) is 15.9. The van der Waals surface area contributed by atoms with Crippen LogP contribution in [-0.2, 0) is 16.6 Å². The maximum absolute atomic E-state index is 13.0. The third-order valence-corrected chi connectivity index (χ3v) is 6.57. The van der Waals surface area contributed by atoms with Gasteiger partial charge in [-0.2, -0.15) is 4.31 Å². The monoisotopic (exact) mass is 494 g/mol. The average molecular weight is 494 g/mol. The van der Waals surface area contributed by atoms with Crippen LogP contribution >= 0.6 is 24.0 Å². The smallest absolute Gasteiger partial charge is 0.243 e. The lowest BCUT2D eigenvalue weighted by atomic mass is 10.2. The van der Waals surface area contributed by atoms with Crippen molar-refractivity contribution in [2.75, 3.05) is 20.1 Å². The van der Waals surface area contributed by atoms with Crippen molar-refractivity contribution in [1.82, 2.24) is 14.9 Å². The number of aliphatic imine (C=N–C) groups is 1. The second kappa shape index (κ2) is 11.1. The molecule has 26 heavy (non-hydrogen) atoms. The average Bonchev–Trinajstić information content (AvgIpc) is 2.65. The van der Waals surface area contributed by atoms with Crippen LogP contribution in [0.15, 0.2) is 34.2 Å². The van der Waals surface area contributed by atoms with Crippen LogP contribution in [0.4, 0.5) is 0 Å². The van der Waals surface area contributed by atoms with Crippen LogP contribution in [0.5, 0.6) is 0 Å². The van der Waals surface area contributed by atoms with Crippen LogP contribution in [0.1, 0.15) is 45.1 Å². The van der Waals surface area contributed by atoms with Crippen molar-refractivity contribution in [2.45, 2.75) is 57.0 Å². The highest BCUT2D eigenvalue weighted by atomic mass is 127. The van der Waals surface area contributed by atoms with Crippen molar-refractivity contribution in [3.05, 3.63) is 29.8 Å². The Morgan fingerprint density at radius 1 is 1.23 bits per heavy atom. The Morgan fingerprint density at radius 3 is 2.50 bits per heavy atom. The van der Waals surface area contributed by atoms with E-state index in [1.165, 1.54) is 0 Å². The molecule has 0 amide bonds. The molecule has 0 aromatic heterocycles. The Hall–Kier alpha value is -0.870. The second-order valence-electron chi connectivity index (χ2n) is 6.45. The molecule has 0 saturated carbocycles. The van der Waals surface area contributed by atoms with Gasteiger partial charge in [0.2, 0.25) is 10.0 Å². The van der Waals surface area contributed by atoms with Gasteiger partial charge < -0.3 is 10.6 Å². The molecular formula is C18H31IN4O2S. The first-order valence-corrected chi connectivity index (χ1v) is 10.5. The molecule has 8 heteroatoms. The molecule has 148 valence electrons. The van der Waals surface area contributed by atoms with E-state index in [0.29, 0.717) is 36.5 Å². The molecule has 1 unspecified atom stereocenters. The number of hydrogen-bond acceptors (Lipinski definition) is 3. The van der Waals surface area contributed by atoms with Crippen LogP contribution in [0.25, 0.3) is 0 Å². The Bertz CT molecular complexity index is 688. The van der Waals surface area contributed by atoms with Gasteiger partial charge in [-0.3, -0.25) is 4.99 Å². The summed E-state index contributed by atoms with van der Waals surface area (Å²) >= 11 is 0. The molecule has 1 saturated heterocycles. The molecule has 1 aromatic carbocycles. The summed E-state index contributed by atoms with van der Waals surface area (Å²) in [4.78, 5) is 4.60. The molecule has 0 bridgehead atoms. The minimum absolute atomic E-state index is 0. The fraction of sp³-hybridized carbons (Fsp3) is 0.611. The Kier molecular flexibility index (Phi) is 9.88. The summed E-state index contributed by atoms with van der Waals surface area (Å²) in [5, 5.41) is 6.51. The Labute approximate surface area is 174 Å². The number of piperidine rings is 1. The molecule has 6 nitrogen and oxygen atoms in total. The van der Waals surface area contributed by atoms with Gasteiger partial charge in [0, 0.05) is 32.7 Å². The third-order valence-electron chi connectivity index (χ3n) is 4.57. The normalized spacial score (nSPS) is 17.3. The Balaban J connectivity index is 0.00000338. The highest BCUT2D eigenvalue weighted by Crippen LogP contribution is 2.23. The van der Waals surface area contributed by atoms with Crippen molar-refractivity contribution < 1.29 is 8.42 Å². The standard InChI is InChI=1S/C18H30N4O2S.HI/c1-4-15(2)21-18(19-3)20-14-16-10-6-7-11-17(16)25(23,24)22-12-8-5-9-13-22;/h6-7,10-11,15H,4-5,8-9,12-14H2,1-3H3,(H2,19,20,21);1H. The number of nitrogens with one attached hydrogen (secondary N) is 2. The van der Waals surface area contributed by atoms with Gasteiger partial charge in [0.15, 0.2) is 5.96 Å². The van der Waals surface area contributed by atoms with E-state index in [0.717, 1.165) is 31.2 Å². The summed E-state index contributed by atoms with van der Waals surface area (Å²) in [5.74, 6) is 0.680. The van der Waals surface area contributed by atoms with Crippen LogP contribution in [-0.4, -0.2) is 44.9 Å². The van der Waals surface area contributed by atoms with Crippen molar-refractivity contribution in [3.8, 4) is 0 Å². The number of hydrogen-bond donors (Lipinski definition) is 2. The van der Waals surface area contributed by atoms with Gasteiger partial charge >= 0.3 is 0 Å². The zero-order chi connectivity index (χ0) is 18.3. The molecule has 1 fully saturated rings. The SMILES string of the molecule is CCC(C)NC(=NC)NCc1ccccc1S(=O)(=O)N1CCCCC1.I. The lowest BCUT2D eigenvalue weighted by Gasteiger charge is -2.27. The predicted molar refractivity (Wildman–Crippen MR) is 118 cm³/mol. The number of benzene rings is 1. The summed E-state index contributed by atoms with van der Waals surface area (Å²) in [6, 6.07) is 7.52.